The molecule has 0 radical (unpaired) electrons. The molecule has 1 aromatic heterocycles. The topological polar surface area (TPSA) is 92.2 Å². The highest BCUT2D eigenvalue weighted by Gasteiger charge is 2.07. The quantitative estimate of drug-likeness (QED) is 0.634. The maximum atomic E-state index is 8.92. The lowest BCUT2D eigenvalue weighted by Crippen LogP contribution is -2.17. The second-order valence-corrected chi connectivity index (χ2v) is 3.62. The Bertz CT molecular complexity index is 347. The molecule has 0 aliphatic carbocycles. The molecule has 0 spiro atoms. The molecule has 0 aliphatic rings. The molecule has 0 saturated heterocycles. The molecule has 0 fully saturated rings. The fourth-order valence-electron chi connectivity index (χ4n) is 1.07. The summed E-state index contributed by atoms with van der Waals surface area (Å²) in [7, 11) is 1.73. The Balaban J connectivity index is 2.72. The number of ether oxygens (including phenoxy) is 1. The van der Waals surface area contributed by atoms with Gasteiger partial charge in [0, 0.05) is 20.2 Å². The number of aliphatic hydroxyl groups is 1. The molecule has 3 N–H and O–H groups in total. The van der Waals surface area contributed by atoms with Crippen molar-refractivity contribution in [1.29, 1.82) is 0 Å². The summed E-state index contributed by atoms with van der Waals surface area (Å²) < 4.78 is 5.23. The van der Waals surface area contributed by atoms with Gasteiger partial charge in [-0.05, 0) is 12.8 Å². The molecule has 1 aromatic rings. The van der Waals surface area contributed by atoms with Gasteiger partial charge >= 0.3 is 6.01 Å². The van der Waals surface area contributed by atoms with Gasteiger partial charge in [-0.25, -0.2) is 0 Å². The Morgan fingerprint density at radius 3 is 2.59 bits per heavy atom. The van der Waals surface area contributed by atoms with E-state index >= 15 is 0 Å². The van der Waals surface area contributed by atoms with Gasteiger partial charge in [-0.3, -0.25) is 0 Å². The lowest BCUT2D eigenvalue weighted by atomic mass is 10.2. The van der Waals surface area contributed by atoms with Crippen molar-refractivity contribution in [1.82, 2.24) is 15.0 Å². The Labute approximate surface area is 101 Å². The first kappa shape index (κ1) is 13.4. The van der Waals surface area contributed by atoms with E-state index in [4.69, 9.17) is 9.84 Å². The maximum Gasteiger partial charge on any atom is 0.323 e. The highest BCUT2D eigenvalue weighted by molar-refractivity contribution is 5.35. The van der Waals surface area contributed by atoms with Crippen molar-refractivity contribution < 1.29 is 9.84 Å². The molecule has 0 saturated carbocycles. The Hall–Kier alpha value is -1.63. The average Bonchev–Trinajstić information content (AvgIpc) is 2.36. The lowest BCUT2D eigenvalue weighted by molar-refractivity contribution is 0.244. The van der Waals surface area contributed by atoms with Gasteiger partial charge in [0.1, 0.15) is 0 Å². The van der Waals surface area contributed by atoms with Gasteiger partial charge in [-0.2, -0.15) is 15.0 Å². The summed E-state index contributed by atoms with van der Waals surface area (Å²) in [6.45, 7) is 5.00. The van der Waals surface area contributed by atoms with Crippen LogP contribution in [0.5, 0.6) is 6.01 Å². The molecule has 1 atom stereocenters. The van der Waals surface area contributed by atoms with Crippen molar-refractivity contribution in [3.63, 3.8) is 0 Å². The van der Waals surface area contributed by atoms with Crippen LogP contribution in [0.15, 0.2) is 0 Å². The highest BCUT2D eigenvalue weighted by atomic mass is 16.5. The van der Waals surface area contributed by atoms with Crippen molar-refractivity contribution in [2.45, 2.75) is 13.8 Å². The van der Waals surface area contributed by atoms with Crippen molar-refractivity contribution in [3.05, 3.63) is 0 Å². The molecule has 1 heterocycles. The minimum atomic E-state index is 0.120. The van der Waals surface area contributed by atoms with Crippen LogP contribution in [0, 0.1) is 5.92 Å². The predicted molar refractivity (Wildman–Crippen MR) is 65.3 cm³/mol. The summed E-state index contributed by atoms with van der Waals surface area (Å²) in [5.74, 6) is 1.02. The zero-order valence-electron chi connectivity index (χ0n) is 10.4. The van der Waals surface area contributed by atoms with Crippen LogP contribution in [0.25, 0.3) is 0 Å². The Kier molecular flexibility index (Phi) is 5.41. The second kappa shape index (κ2) is 6.85. The van der Waals surface area contributed by atoms with E-state index in [0.717, 1.165) is 0 Å². The first-order valence-corrected chi connectivity index (χ1v) is 5.61. The summed E-state index contributed by atoms with van der Waals surface area (Å²) in [5.41, 5.74) is 0. The highest BCUT2D eigenvalue weighted by Crippen LogP contribution is 2.11. The monoisotopic (exact) mass is 241 g/mol. The second-order valence-electron chi connectivity index (χ2n) is 3.62. The van der Waals surface area contributed by atoms with Crippen molar-refractivity contribution in [2.24, 2.45) is 5.92 Å². The van der Waals surface area contributed by atoms with Gasteiger partial charge in [0.2, 0.25) is 11.9 Å². The molecule has 0 aliphatic heterocycles. The van der Waals surface area contributed by atoms with Crippen molar-refractivity contribution >= 4 is 11.9 Å². The minimum absolute atomic E-state index is 0.120. The number of aliphatic hydroxyl groups excluding tert-OH is 1. The van der Waals surface area contributed by atoms with Gasteiger partial charge in [0.15, 0.2) is 0 Å². The Morgan fingerprint density at radius 1 is 1.29 bits per heavy atom. The molecule has 1 unspecified atom stereocenters. The van der Waals surface area contributed by atoms with Crippen LogP contribution in [-0.4, -0.2) is 46.9 Å². The average molecular weight is 241 g/mol. The van der Waals surface area contributed by atoms with Crippen LogP contribution in [-0.2, 0) is 0 Å². The van der Waals surface area contributed by atoms with E-state index in [9.17, 15) is 0 Å². The smallest absolute Gasteiger partial charge is 0.323 e. The van der Waals surface area contributed by atoms with E-state index in [1.807, 2.05) is 13.8 Å². The zero-order valence-corrected chi connectivity index (χ0v) is 10.4. The Morgan fingerprint density at radius 2 is 2.00 bits per heavy atom. The first-order chi connectivity index (χ1) is 8.19. The van der Waals surface area contributed by atoms with E-state index in [-0.39, 0.29) is 18.5 Å². The van der Waals surface area contributed by atoms with E-state index in [0.29, 0.717) is 25.0 Å². The molecular formula is C10H19N5O2. The van der Waals surface area contributed by atoms with Crippen molar-refractivity contribution in [3.8, 4) is 6.01 Å². The molecule has 7 heteroatoms. The number of aromatic nitrogens is 3. The van der Waals surface area contributed by atoms with Crippen LogP contribution >= 0.6 is 0 Å². The molecule has 0 bridgehead atoms. The van der Waals surface area contributed by atoms with Crippen LogP contribution < -0.4 is 15.4 Å². The van der Waals surface area contributed by atoms with Crippen LogP contribution in [0.2, 0.25) is 0 Å². The van der Waals surface area contributed by atoms with Crippen molar-refractivity contribution in [2.75, 3.05) is 37.4 Å². The third-order valence-electron chi connectivity index (χ3n) is 2.03. The molecule has 7 nitrogen and oxygen atoms in total. The normalized spacial score (nSPS) is 12.0. The summed E-state index contributed by atoms with van der Waals surface area (Å²) in [6, 6.07) is 0.283. The predicted octanol–water partition coefficient (Wildman–Crippen LogP) is 0.352. The summed E-state index contributed by atoms with van der Waals surface area (Å²) in [4.78, 5) is 12.3. The lowest BCUT2D eigenvalue weighted by Gasteiger charge is -2.11. The molecule has 0 aromatic carbocycles. The van der Waals surface area contributed by atoms with E-state index in [2.05, 4.69) is 25.6 Å². The number of nitrogens with one attached hydrogen (secondary N) is 2. The van der Waals surface area contributed by atoms with Gasteiger partial charge in [-0.15, -0.1) is 0 Å². The van der Waals surface area contributed by atoms with Gasteiger partial charge in [-0.1, -0.05) is 6.92 Å². The standard InChI is InChI=1S/C10H19N5O2/c1-4-17-10-14-8(11-3)13-9(15-10)12-5-7(2)6-16/h7,16H,4-6H2,1-3H3,(H2,11,12,13,14,15). The fourth-order valence-corrected chi connectivity index (χ4v) is 1.07. The molecule has 1 rings (SSSR count). The van der Waals surface area contributed by atoms with Crippen LogP contribution in [0.4, 0.5) is 11.9 Å². The number of hydrogen-bond donors (Lipinski definition) is 3. The maximum absolute atomic E-state index is 8.92. The van der Waals surface area contributed by atoms with E-state index in [1.54, 1.807) is 7.05 Å². The third-order valence-corrected chi connectivity index (χ3v) is 2.03. The SMILES string of the molecule is CCOc1nc(NC)nc(NCC(C)CO)n1. The van der Waals surface area contributed by atoms with Crippen LogP contribution in [0.3, 0.4) is 0 Å². The molecule has 0 amide bonds. The number of rotatable bonds is 7. The van der Waals surface area contributed by atoms with Gasteiger partial charge in [0.05, 0.1) is 6.61 Å². The minimum Gasteiger partial charge on any atom is -0.464 e. The van der Waals surface area contributed by atoms with E-state index in [1.165, 1.54) is 0 Å². The largest absolute Gasteiger partial charge is 0.464 e. The molecular weight excluding hydrogens is 222 g/mol. The van der Waals surface area contributed by atoms with Gasteiger partial charge < -0.3 is 20.5 Å². The number of hydrogen-bond acceptors (Lipinski definition) is 7. The number of nitrogens with zero attached hydrogens (tertiary/aromatic N) is 3. The fraction of sp³-hybridized carbons (Fsp3) is 0.700. The zero-order chi connectivity index (χ0) is 12.7. The molecule has 96 valence electrons. The summed E-state index contributed by atoms with van der Waals surface area (Å²) in [5, 5.41) is 14.8. The summed E-state index contributed by atoms with van der Waals surface area (Å²) >= 11 is 0. The molecule has 17 heavy (non-hydrogen) atoms. The van der Waals surface area contributed by atoms with E-state index < -0.39 is 0 Å². The van der Waals surface area contributed by atoms with Gasteiger partial charge in [0.25, 0.3) is 0 Å². The van der Waals surface area contributed by atoms with Crippen LogP contribution in [0.1, 0.15) is 13.8 Å². The number of anilines is 2. The first-order valence-electron chi connectivity index (χ1n) is 5.61. The third kappa shape index (κ3) is 4.39. The summed E-state index contributed by atoms with van der Waals surface area (Å²) in [6.07, 6.45) is 0.